The van der Waals surface area contributed by atoms with Gasteiger partial charge < -0.3 is 15.4 Å². The van der Waals surface area contributed by atoms with Crippen LogP contribution in [0.15, 0.2) is 4.99 Å². The predicted octanol–water partition coefficient (Wildman–Crippen LogP) is 2.23. The normalized spacial score (nSPS) is 12.2. The third-order valence-corrected chi connectivity index (χ3v) is 2.07. The molecular weight excluding hydrogens is 362 g/mol. The standard InChI is InChI=1S/C10H20F3N3O.HI/c1-3-16(4-2)9(14)15-6-5-7-17-8-10(11,12)13;/h3-8H2,1-2H3,(H2,14,15);1H. The summed E-state index contributed by atoms with van der Waals surface area (Å²) in [5.74, 6) is 0.422. The maximum Gasteiger partial charge on any atom is 0.411 e. The number of hydrogen-bond donors (Lipinski definition) is 1. The number of alkyl halides is 3. The summed E-state index contributed by atoms with van der Waals surface area (Å²) in [4.78, 5) is 5.93. The van der Waals surface area contributed by atoms with Crippen LogP contribution in [-0.4, -0.2) is 49.9 Å². The molecule has 110 valence electrons. The van der Waals surface area contributed by atoms with E-state index in [1.807, 2.05) is 18.7 Å². The molecule has 8 heteroatoms. The number of nitrogens with two attached hydrogens (primary N) is 1. The maximum atomic E-state index is 11.7. The van der Waals surface area contributed by atoms with Gasteiger partial charge in [0.15, 0.2) is 5.96 Å². The van der Waals surface area contributed by atoms with Crippen LogP contribution in [0.4, 0.5) is 13.2 Å². The van der Waals surface area contributed by atoms with Crippen molar-refractivity contribution in [3.05, 3.63) is 0 Å². The van der Waals surface area contributed by atoms with Gasteiger partial charge in [-0.3, -0.25) is 4.99 Å². The van der Waals surface area contributed by atoms with Crippen LogP contribution in [-0.2, 0) is 4.74 Å². The van der Waals surface area contributed by atoms with Crippen molar-refractivity contribution in [3.8, 4) is 0 Å². The number of aliphatic imine (C=N–C) groups is 1. The quantitative estimate of drug-likeness (QED) is 0.318. The third-order valence-electron chi connectivity index (χ3n) is 2.07. The van der Waals surface area contributed by atoms with E-state index in [-0.39, 0.29) is 30.6 Å². The van der Waals surface area contributed by atoms with Gasteiger partial charge in [-0.15, -0.1) is 24.0 Å². The molecule has 0 unspecified atom stereocenters. The molecule has 0 aromatic rings. The Morgan fingerprint density at radius 1 is 1.28 bits per heavy atom. The zero-order valence-electron chi connectivity index (χ0n) is 10.7. The van der Waals surface area contributed by atoms with E-state index in [9.17, 15) is 13.2 Å². The van der Waals surface area contributed by atoms with Crippen LogP contribution in [0.3, 0.4) is 0 Å². The van der Waals surface area contributed by atoms with Gasteiger partial charge in [0, 0.05) is 26.2 Å². The largest absolute Gasteiger partial charge is 0.411 e. The molecule has 0 aliphatic carbocycles. The summed E-state index contributed by atoms with van der Waals surface area (Å²) in [5, 5.41) is 0. The fourth-order valence-corrected chi connectivity index (χ4v) is 1.20. The highest BCUT2D eigenvalue weighted by Gasteiger charge is 2.27. The lowest BCUT2D eigenvalue weighted by atomic mass is 10.4. The van der Waals surface area contributed by atoms with Crippen molar-refractivity contribution in [1.29, 1.82) is 0 Å². The molecule has 4 nitrogen and oxygen atoms in total. The van der Waals surface area contributed by atoms with E-state index in [1.54, 1.807) is 0 Å². The molecule has 0 radical (unpaired) electrons. The van der Waals surface area contributed by atoms with Crippen LogP contribution in [0.1, 0.15) is 20.3 Å². The molecule has 0 aromatic carbocycles. The van der Waals surface area contributed by atoms with Crippen molar-refractivity contribution in [2.24, 2.45) is 10.7 Å². The van der Waals surface area contributed by atoms with Gasteiger partial charge in [-0.25, -0.2) is 0 Å². The zero-order chi connectivity index (χ0) is 13.3. The van der Waals surface area contributed by atoms with E-state index in [4.69, 9.17) is 5.73 Å². The second-order valence-electron chi connectivity index (χ2n) is 3.43. The monoisotopic (exact) mass is 383 g/mol. The van der Waals surface area contributed by atoms with Gasteiger partial charge in [-0.2, -0.15) is 13.2 Å². The van der Waals surface area contributed by atoms with E-state index in [0.717, 1.165) is 13.1 Å². The number of nitrogens with zero attached hydrogens (tertiary/aromatic N) is 2. The summed E-state index contributed by atoms with van der Waals surface area (Å²) in [6, 6.07) is 0. The highest BCUT2D eigenvalue weighted by atomic mass is 127. The Labute approximate surface area is 123 Å². The maximum absolute atomic E-state index is 11.7. The molecular formula is C10H21F3IN3O. The lowest BCUT2D eigenvalue weighted by Gasteiger charge is -2.19. The van der Waals surface area contributed by atoms with Crippen LogP contribution < -0.4 is 5.73 Å². The summed E-state index contributed by atoms with van der Waals surface area (Å²) in [5.41, 5.74) is 5.68. The summed E-state index contributed by atoms with van der Waals surface area (Å²) in [7, 11) is 0. The Hall–Kier alpha value is -0.250. The molecule has 0 fully saturated rings. The third kappa shape index (κ3) is 10.9. The second-order valence-corrected chi connectivity index (χ2v) is 3.43. The van der Waals surface area contributed by atoms with Crippen LogP contribution >= 0.6 is 24.0 Å². The smallest absolute Gasteiger partial charge is 0.372 e. The molecule has 0 amide bonds. The number of rotatable bonds is 7. The topological polar surface area (TPSA) is 50.8 Å². The SMILES string of the molecule is CCN(CC)C(N)=NCCCOCC(F)(F)F.I. The van der Waals surface area contributed by atoms with Crippen molar-refractivity contribution in [2.75, 3.05) is 32.8 Å². The average molecular weight is 383 g/mol. The molecule has 0 atom stereocenters. The van der Waals surface area contributed by atoms with E-state index in [1.165, 1.54) is 0 Å². The first-order valence-electron chi connectivity index (χ1n) is 5.60. The minimum absolute atomic E-state index is 0. The molecule has 0 heterocycles. The molecule has 0 bridgehead atoms. The Morgan fingerprint density at radius 2 is 1.83 bits per heavy atom. The minimum Gasteiger partial charge on any atom is -0.372 e. The van der Waals surface area contributed by atoms with Gasteiger partial charge in [-0.05, 0) is 20.3 Å². The van der Waals surface area contributed by atoms with Gasteiger partial charge in [0.25, 0.3) is 0 Å². The van der Waals surface area contributed by atoms with Crippen LogP contribution in [0.2, 0.25) is 0 Å². The van der Waals surface area contributed by atoms with Crippen molar-refractivity contribution in [2.45, 2.75) is 26.4 Å². The molecule has 0 saturated heterocycles. The van der Waals surface area contributed by atoms with Gasteiger partial charge in [0.1, 0.15) is 6.61 Å². The minimum atomic E-state index is -4.26. The highest BCUT2D eigenvalue weighted by molar-refractivity contribution is 14.0. The average Bonchev–Trinajstić information content (AvgIpc) is 2.23. The fraction of sp³-hybridized carbons (Fsp3) is 0.900. The van der Waals surface area contributed by atoms with E-state index >= 15 is 0 Å². The molecule has 0 aliphatic heterocycles. The highest BCUT2D eigenvalue weighted by Crippen LogP contribution is 2.14. The summed E-state index contributed by atoms with van der Waals surface area (Å²) in [6.07, 6.45) is -3.83. The first-order valence-corrected chi connectivity index (χ1v) is 5.60. The summed E-state index contributed by atoms with van der Waals surface area (Å²) < 4.78 is 39.6. The first-order chi connectivity index (χ1) is 7.90. The molecule has 0 rings (SSSR count). The van der Waals surface area contributed by atoms with Crippen LogP contribution in [0.25, 0.3) is 0 Å². The molecule has 18 heavy (non-hydrogen) atoms. The zero-order valence-corrected chi connectivity index (χ0v) is 13.0. The summed E-state index contributed by atoms with van der Waals surface area (Å²) in [6.45, 7) is 4.64. The van der Waals surface area contributed by atoms with Gasteiger partial charge in [0.2, 0.25) is 0 Å². The molecule has 0 saturated carbocycles. The Bertz CT molecular complexity index is 233. The van der Waals surface area contributed by atoms with Crippen molar-refractivity contribution in [3.63, 3.8) is 0 Å². The predicted molar refractivity (Wildman–Crippen MR) is 76.3 cm³/mol. The fourth-order valence-electron chi connectivity index (χ4n) is 1.20. The first kappa shape index (κ1) is 20.1. The van der Waals surface area contributed by atoms with Crippen LogP contribution in [0, 0.1) is 0 Å². The van der Waals surface area contributed by atoms with Crippen LogP contribution in [0.5, 0.6) is 0 Å². The second kappa shape index (κ2) is 10.7. The van der Waals surface area contributed by atoms with E-state index in [2.05, 4.69) is 9.73 Å². The number of ether oxygens (including phenoxy) is 1. The Morgan fingerprint density at radius 3 is 2.28 bits per heavy atom. The molecule has 2 N–H and O–H groups in total. The van der Waals surface area contributed by atoms with E-state index in [0.29, 0.717) is 18.9 Å². The van der Waals surface area contributed by atoms with Gasteiger partial charge >= 0.3 is 6.18 Å². The lowest BCUT2D eigenvalue weighted by molar-refractivity contribution is -0.173. The van der Waals surface area contributed by atoms with E-state index < -0.39 is 12.8 Å². The van der Waals surface area contributed by atoms with Crippen molar-refractivity contribution < 1.29 is 17.9 Å². The molecule has 0 aliphatic rings. The number of halogens is 4. The molecule has 0 aromatic heterocycles. The number of guanidine groups is 1. The number of hydrogen-bond acceptors (Lipinski definition) is 2. The van der Waals surface area contributed by atoms with Gasteiger partial charge in [-0.1, -0.05) is 0 Å². The van der Waals surface area contributed by atoms with Crippen molar-refractivity contribution in [1.82, 2.24) is 4.90 Å². The lowest BCUT2D eigenvalue weighted by Crippen LogP contribution is -2.37. The molecule has 0 spiro atoms. The Kier molecular flexibility index (Phi) is 11.9. The Balaban J connectivity index is 0. The van der Waals surface area contributed by atoms with Gasteiger partial charge in [0.05, 0.1) is 0 Å². The van der Waals surface area contributed by atoms with Crippen molar-refractivity contribution >= 4 is 29.9 Å². The summed E-state index contributed by atoms with van der Waals surface area (Å²) >= 11 is 0.